The van der Waals surface area contributed by atoms with Crippen LogP contribution in [0.3, 0.4) is 0 Å². The number of hydrogen-bond acceptors (Lipinski definition) is 11. The number of ketones is 1. The fourth-order valence-corrected chi connectivity index (χ4v) is 6.81. The smallest absolute Gasteiger partial charge is 0.264 e. The molecule has 0 spiro atoms. The third-order valence-electron chi connectivity index (χ3n) is 9.53. The van der Waals surface area contributed by atoms with Crippen molar-refractivity contribution in [2.24, 2.45) is 7.05 Å². The van der Waals surface area contributed by atoms with Crippen molar-refractivity contribution in [2.45, 2.75) is 32.4 Å². The number of aryl methyl sites for hydroxylation is 1. The molecule has 2 aromatic carbocycles. The maximum absolute atomic E-state index is 15.7. The summed E-state index contributed by atoms with van der Waals surface area (Å²) in [4.78, 5) is 90.2. The topological polar surface area (TPSA) is 223 Å². The molecule has 3 aromatic heterocycles. The Labute approximate surface area is 322 Å². The van der Waals surface area contributed by atoms with E-state index in [1.807, 2.05) is 0 Å². The number of hydrogen-bond donors (Lipinski definition) is 5. The van der Waals surface area contributed by atoms with Crippen molar-refractivity contribution in [1.29, 1.82) is 0 Å². The van der Waals surface area contributed by atoms with Gasteiger partial charge in [0.1, 0.15) is 11.8 Å². The first-order chi connectivity index (χ1) is 27.3. The minimum Gasteiger partial charge on any atom is -0.484 e. The molecule has 7 rings (SSSR count). The Bertz CT molecular complexity index is 2530. The lowest BCUT2D eigenvalue weighted by Gasteiger charge is -2.27. The predicted molar refractivity (Wildman–Crippen MR) is 200 cm³/mol. The number of imide groups is 2. The summed E-state index contributed by atoms with van der Waals surface area (Å²) in [5.41, 5.74) is 1.66. The molecule has 18 heteroatoms. The number of Topliss-reactive ketones (excluding diaryl/α,β-unsaturated/α-hetero) is 1. The number of carbonyl (C=O) groups excluding carboxylic acids is 7. The molecule has 6 amide bonds. The maximum atomic E-state index is 15.7. The number of pyridine rings is 1. The van der Waals surface area contributed by atoms with E-state index in [9.17, 15) is 38.7 Å². The number of anilines is 2. The Morgan fingerprint density at radius 2 is 1.82 bits per heavy atom. The first kappa shape index (κ1) is 38.1. The lowest BCUT2D eigenvalue weighted by atomic mass is 10.0. The second kappa shape index (κ2) is 15.5. The summed E-state index contributed by atoms with van der Waals surface area (Å²) < 4.78 is 24.4. The predicted octanol–water partition coefficient (Wildman–Crippen LogP) is 2.43. The van der Waals surface area contributed by atoms with Gasteiger partial charge in [-0.25, -0.2) is 4.39 Å². The summed E-state index contributed by atoms with van der Waals surface area (Å²) in [6, 6.07) is 10.6. The highest BCUT2D eigenvalue weighted by Gasteiger charge is 2.45. The average molecular weight is 779 g/mol. The van der Waals surface area contributed by atoms with Crippen molar-refractivity contribution >= 4 is 58.1 Å². The van der Waals surface area contributed by atoms with Gasteiger partial charge in [-0.3, -0.25) is 48.5 Å². The van der Waals surface area contributed by atoms with Gasteiger partial charge in [-0.2, -0.15) is 5.10 Å². The van der Waals surface area contributed by atoms with E-state index in [2.05, 4.69) is 26.4 Å². The number of amides is 6. The monoisotopic (exact) mass is 778 g/mol. The molecule has 1 atom stereocenters. The van der Waals surface area contributed by atoms with Crippen LogP contribution in [0.4, 0.5) is 15.8 Å². The summed E-state index contributed by atoms with van der Waals surface area (Å²) in [7, 11) is 1.67. The minimum atomic E-state index is -1.10. The number of piperidine rings is 1. The van der Waals surface area contributed by atoms with E-state index in [1.165, 1.54) is 64.8 Å². The number of aliphatic hydroxyl groups is 1. The summed E-state index contributed by atoms with van der Waals surface area (Å²) in [6.45, 7) is 0.719. The zero-order valence-corrected chi connectivity index (χ0v) is 30.6. The standard InChI is InChI=1S/C39H35FN8O9/c1-20(50)30-15-26(36(53)44-28-13-21(18-49)12-25(35(28)40)22-16-43-46(2)17-22)31-14-23(8-11-47(30)31)57-19-33(52)42-10-9-41-27-5-3-4-24-34(27)39(56)48(38(24)55)29-6-7-32(51)45-37(29)54/h3-5,8,11-17,29,41,49H,6-7,9-10,18-19H2,1-2H3,(H,42,52)(H,44,53)(H,45,51,54). The molecule has 0 saturated carbocycles. The number of carbonyl (C=O) groups is 7. The highest BCUT2D eigenvalue weighted by Crippen LogP contribution is 2.33. The van der Waals surface area contributed by atoms with Crippen LogP contribution in [0.15, 0.2) is 67.1 Å². The van der Waals surface area contributed by atoms with Crippen molar-refractivity contribution in [3.63, 3.8) is 0 Å². The second-order valence-electron chi connectivity index (χ2n) is 13.4. The number of ether oxygens (including phenoxy) is 1. The van der Waals surface area contributed by atoms with Gasteiger partial charge in [-0.1, -0.05) is 6.07 Å². The van der Waals surface area contributed by atoms with Gasteiger partial charge in [0.2, 0.25) is 11.8 Å². The van der Waals surface area contributed by atoms with Crippen LogP contribution in [0, 0.1) is 5.82 Å². The Balaban J connectivity index is 0.990. The number of benzene rings is 2. The Hall–Kier alpha value is -7.21. The van der Waals surface area contributed by atoms with Crippen LogP contribution < -0.4 is 26.0 Å². The number of nitrogens with one attached hydrogen (secondary N) is 4. The Morgan fingerprint density at radius 3 is 2.54 bits per heavy atom. The molecule has 5 N–H and O–H groups in total. The third-order valence-corrected chi connectivity index (χ3v) is 9.53. The molecule has 5 heterocycles. The zero-order valence-electron chi connectivity index (χ0n) is 30.6. The van der Waals surface area contributed by atoms with Crippen LogP contribution in [0.25, 0.3) is 16.6 Å². The van der Waals surface area contributed by atoms with Crippen molar-refractivity contribution < 1.29 is 47.8 Å². The molecule has 1 fully saturated rings. The number of aliphatic hydroxyl groups excluding tert-OH is 1. The van der Waals surface area contributed by atoms with Crippen molar-refractivity contribution in [1.82, 2.24) is 29.7 Å². The van der Waals surface area contributed by atoms with Gasteiger partial charge in [-0.05, 0) is 48.4 Å². The van der Waals surface area contributed by atoms with Gasteiger partial charge in [0.05, 0.1) is 46.4 Å². The fraction of sp³-hybridized carbons (Fsp3) is 0.231. The number of rotatable bonds is 13. The van der Waals surface area contributed by atoms with E-state index in [0.717, 1.165) is 4.90 Å². The van der Waals surface area contributed by atoms with Crippen molar-refractivity contribution in [3.05, 3.63) is 101 Å². The lowest BCUT2D eigenvalue weighted by Crippen LogP contribution is -2.54. The first-order valence-electron chi connectivity index (χ1n) is 17.7. The van der Waals surface area contributed by atoms with Gasteiger partial charge < -0.3 is 30.2 Å². The summed E-state index contributed by atoms with van der Waals surface area (Å²) in [5, 5.41) is 24.3. The molecule has 292 valence electrons. The molecular weight excluding hydrogens is 743 g/mol. The largest absolute Gasteiger partial charge is 0.484 e. The van der Waals surface area contributed by atoms with E-state index in [-0.39, 0.29) is 76.6 Å². The summed E-state index contributed by atoms with van der Waals surface area (Å²) >= 11 is 0. The highest BCUT2D eigenvalue weighted by atomic mass is 19.1. The van der Waals surface area contributed by atoms with Crippen LogP contribution in [-0.2, 0) is 28.0 Å². The SMILES string of the molecule is CC(=O)c1cc(C(=O)Nc2cc(CO)cc(-c3cnn(C)c3)c2F)c2cc(OCC(=O)NCCNc3cccc4c3C(=O)N(C3CCC(=O)NC3=O)C4=O)ccn12. The molecule has 1 unspecified atom stereocenters. The quantitative estimate of drug-likeness (QED) is 0.0664. The lowest BCUT2D eigenvalue weighted by molar-refractivity contribution is -0.136. The van der Waals surface area contributed by atoms with Crippen LogP contribution in [0.2, 0.25) is 0 Å². The molecule has 0 radical (unpaired) electrons. The second-order valence-corrected chi connectivity index (χ2v) is 13.4. The minimum absolute atomic E-state index is 0.00208. The van der Waals surface area contributed by atoms with Gasteiger partial charge >= 0.3 is 0 Å². The molecule has 17 nitrogen and oxygen atoms in total. The first-order valence-corrected chi connectivity index (χ1v) is 17.7. The summed E-state index contributed by atoms with van der Waals surface area (Å²) in [5.74, 6) is -4.65. The van der Waals surface area contributed by atoms with Gasteiger partial charge in [0, 0.05) is 68.8 Å². The van der Waals surface area contributed by atoms with E-state index in [1.54, 1.807) is 25.4 Å². The normalized spacial score (nSPS) is 15.1. The third kappa shape index (κ3) is 7.44. The van der Waals surface area contributed by atoms with Gasteiger partial charge in [0.15, 0.2) is 18.2 Å². The van der Waals surface area contributed by atoms with E-state index < -0.39 is 60.5 Å². The summed E-state index contributed by atoms with van der Waals surface area (Å²) in [6.07, 6.45) is 4.57. The van der Waals surface area contributed by atoms with Crippen molar-refractivity contribution in [2.75, 3.05) is 30.3 Å². The molecule has 2 aliphatic rings. The zero-order chi connectivity index (χ0) is 40.5. The van der Waals surface area contributed by atoms with Crippen LogP contribution in [-0.4, -0.2) is 91.2 Å². The molecule has 0 bridgehead atoms. The molecule has 1 saturated heterocycles. The van der Waals surface area contributed by atoms with Crippen LogP contribution in [0.1, 0.15) is 66.9 Å². The van der Waals surface area contributed by atoms with Gasteiger partial charge in [-0.15, -0.1) is 0 Å². The molecule has 0 aliphatic carbocycles. The number of aromatic nitrogens is 3. The van der Waals surface area contributed by atoms with E-state index >= 15 is 4.39 Å². The molecule has 57 heavy (non-hydrogen) atoms. The van der Waals surface area contributed by atoms with E-state index in [4.69, 9.17) is 4.74 Å². The Kier molecular flexibility index (Phi) is 10.4. The molecular formula is C39H35FN8O9. The fourth-order valence-electron chi connectivity index (χ4n) is 6.81. The average Bonchev–Trinajstić information content (AvgIpc) is 3.87. The van der Waals surface area contributed by atoms with E-state index in [0.29, 0.717) is 16.8 Å². The van der Waals surface area contributed by atoms with Gasteiger partial charge in [0.25, 0.3) is 23.6 Å². The number of halogens is 1. The van der Waals surface area contributed by atoms with Crippen molar-refractivity contribution in [3.8, 4) is 16.9 Å². The number of fused-ring (bicyclic) bond motifs is 2. The van der Waals surface area contributed by atoms with Crippen LogP contribution in [0.5, 0.6) is 5.75 Å². The van der Waals surface area contributed by atoms with Crippen LogP contribution >= 0.6 is 0 Å². The number of nitrogens with zero attached hydrogens (tertiary/aromatic N) is 4. The highest BCUT2D eigenvalue weighted by molar-refractivity contribution is 6.25. The Morgan fingerprint density at radius 1 is 1.02 bits per heavy atom. The molecule has 5 aromatic rings. The maximum Gasteiger partial charge on any atom is 0.264 e. The molecule has 2 aliphatic heterocycles.